The van der Waals surface area contributed by atoms with Gasteiger partial charge in [-0.3, -0.25) is 4.55 Å². The van der Waals surface area contributed by atoms with Crippen molar-refractivity contribution in [2.45, 2.75) is 33.1 Å². The van der Waals surface area contributed by atoms with E-state index in [2.05, 4.69) is 32.9 Å². The van der Waals surface area contributed by atoms with Gasteiger partial charge in [-0.15, -0.1) is 0 Å². The molecule has 0 saturated carbocycles. The zero-order valence-corrected chi connectivity index (χ0v) is 23.7. The van der Waals surface area contributed by atoms with E-state index in [0.29, 0.717) is 6.42 Å². The minimum Gasteiger partial charge on any atom is -0.545 e. The Hall–Kier alpha value is -1.59. The third-order valence-corrected chi connectivity index (χ3v) is 3.97. The second-order valence-corrected chi connectivity index (χ2v) is 7.96. The Bertz CT molecular complexity index is 861. The molecule has 1 rings (SSSR count). The van der Waals surface area contributed by atoms with Crippen molar-refractivity contribution in [2.75, 3.05) is 5.75 Å². The summed E-state index contributed by atoms with van der Waals surface area (Å²) in [4.78, 5) is 19.7. The molecule has 178 valence electrons. The Morgan fingerprint density at radius 3 is 1.70 bits per heavy atom. The minimum atomic E-state index is -3.94. The van der Waals surface area contributed by atoms with Crippen molar-refractivity contribution in [3.63, 3.8) is 0 Å². The number of carboxylic acid groups (broad SMARTS) is 2. The van der Waals surface area contributed by atoms with Crippen LogP contribution in [-0.2, 0) is 19.7 Å². The fourth-order valence-electron chi connectivity index (χ4n) is 1.31. The van der Waals surface area contributed by atoms with Crippen molar-refractivity contribution in [3.05, 3.63) is 91.6 Å². The molecule has 9 heteroatoms. The number of carbonyl (C=O) groups excluding carboxylic acids is 1. The van der Waals surface area contributed by atoms with Crippen LogP contribution in [0.25, 0.3) is 6.08 Å². The number of carboxylic acids is 2. The Balaban J connectivity index is -0.000000181. The van der Waals surface area contributed by atoms with E-state index < -0.39 is 22.1 Å². The average Bonchev–Trinajstić information content (AvgIpc) is 2.72. The number of hydrogen-bond acceptors (Lipinski definition) is 5. The van der Waals surface area contributed by atoms with Gasteiger partial charge in [-0.05, 0) is 44.2 Å². The number of benzene rings is 1. The van der Waals surface area contributed by atoms with Crippen molar-refractivity contribution in [1.29, 1.82) is 0 Å². The van der Waals surface area contributed by atoms with Crippen LogP contribution < -0.4 is 56.5 Å². The van der Waals surface area contributed by atoms with Gasteiger partial charge in [-0.2, -0.15) is 8.42 Å². The Morgan fingerprint density at radius 2 is 1.45 bits per heavy atom. The number of hydrogen-bond donors (Lipinski definition) is 2. The van der Waals surface area contributed by atoms with Gasteiger partial charge < -0.3 is 15.0 Å². The summed E-state index contributed by atoms with van der Waals surface area (Å²) in [5, 5.41) is 18.0. The SMILES string of the molecule is C=C(C)C(=O)O.C=C(CCCCS(=O)(=O)O)C(=O)[O-].C=CC(=C)C.C=Cc1ccccc1.[K+]. The number of allylic oxidation sites excluding steroid dienone is 2. The predicted octanol–water partition coefficient (Wildman–Crippen LogP) is 1.08. The molecule has 0 atom stereocenters. The van der Waals surface area contributed by atoms with E-state index in [1.807, 2.05) is 43.3 Å². The van der Waals surface area contributed by atoms with Crippen LogP contribution in [0.5, 0.6) is 0 Å². The van der Waals surface area contributed by atoms with E-state index in [9.17, 15) is 23.1 Å². The quantitative estimate of drug-likeness (QED) is 0.169. The van der Waals surface area contributed by atoms with Gasteiger partial charge in [0, 0.05) is 5.57 Å². The molecule has 7 nitrogen and oxygen atoms in total. The molecule has 2 N–H and O–H groups in total. The largest absolute Gasteiger partial charge is 1.00 e. The van der Waals surface area contributed by atoms with E-state index >= 15 is 0 Å². The fourth-order valence-corrected chi connectivity index (χ4v) is 1.88. The maximum atomic E-state index is 10.2. The normalized spacial score (nSPS) is 8.82. The molecule has 0 amide bonds. The number of unbranched alkanes of at least 4 members (excludes halogenated alkanes) is 1. The first kappa shape index (κ1) is 38.7. The fraction of sp³-hybridized carbons (Fsp3) is 0.250. The summed E-state index contributed by atoms with van der Waals surface area (Å²) in [6, 6.07) is 10.0. The first-order valence-corrected chi connectivity index (χ1v) is 11.0. The van der Waals surface area contributed by atoms with E-state index in [0.717, 1.165) is 5.57 Å². The molecule has 0 aromatic heterocycles. The molecule has 0 saturated heterocycles. The van der Waals surface area contributed by atoms with Crippen LogP contribution in [-0.4, -0.2) is 35.8 Å². The van der Waals surface area contributed by atoms with E-state index in [1.54, 1.807) is 6.08 Å². The number of rotatable bonds is 9. The van der Waals surface area contributed by atoms with Gasteiger partial charge in [-0.1, -0.05) is 81.0 Å². The standard InChI is InChI=1S/C8H8.C7H12O5S.C5H8.C4H6O2.K/c1-2-8-6-4-3-5-7-8;1-6(7(8)9)4-2-3-5-13(10,11)12;1-4-5(2)3;1-3(2)4(5)6;/h2-7H,1H2;1-5H2,(H,8,9)(H,10,11,12);4H,1-2H2,3H3;1H2,2H3,(H,5,6);/q;;;;+1/p-1. The zero-order valence-electron chi connectivity index (χ0n) is 19.7. The van der Waals surface area contributed by atoms with Crippen LogP contribution in [0.3, 0.4) is 0 Å². The van der Waals surface area contributed by atoms with Crippen LogP contribution in [0, 0.1) is 0 Å². The summed E-state index contributed by atoms with van der Waals surface area (Å²) in [7, 11) is -3.94. The molecule has 0 spiro atoms. The van der Waals surface area contributed by atoms with Crippen molar-refractivity contribution >= 4 is 28.1 Å². The molecular weight excluding hydrogens is 471 g/mol. The Kier molecular flexibility index (Phi) is 27.6. The summed E-state index contributed by atoms with van der Waals surface area (Å²) >= 11 is 0. The molecule has 0 aliphatic carbocycles. The van der Waals surface area contributed by atoms with Crippen molar-refractivity contribution in [3.8, 4) is 0 Å². The van der Waals surface area contributed by atoms with E-state index in [1.165, 1.54) is 12.5 Å². The molecule has 0 aliphatic rings. The average molecular weight is 505 g/mol. The van der Waals surface area contributed by atoms with Gasteiger partial charge in [-0.25, -0.2) is 4.79 Å². The minimum absolute atomic E-state index is 0. The molecule has 0 fully saturated rings. The molecular formula is C24H33KO7S. The monoisotopic (exact) mass is 504 g/mol. The maximum Gasteiger partial charge on any atom is 1.00 e. The van der Waals surface area contributed by atoms with Gasteiger partial charge in [0.15, 0.2) is 0 Å². The first-order valence-electron chi connectivity index (χ1n) is 9.36. The van der Waals surface area contributed by atoms with Crippen LogP contribution in [0.1, 0.15) is 38.7 Å². The van der Waals surface area contributed by atoms with Gasteiger partial charge in [0.05, 0.1) is 11.7 Å². The summed E-state index contributed by atoms with van der Waals surface area (Å²) in [6.07, 6.45) is 4.30. The predicted molar refractivity (Wildman–Crippen MR) is 128 cm³/mol. The van der Waals surface area contributed by atoms with E-state index in [-0.39, 0.29) is 81.1 Å². The smallest absolute Gasteiger partial charge is 0.545 e. The van der Waals surface area contributed by atoms with Crippen LogP contribution in [0.15, 0.2) is 86.0 Å². The molecule has 0 heterocycles. The van der Waals surface area contributed by atoms with Crippen LogP contribution in [0.2, 0.25) is 0 Å². The molecule has 0 unspecified atom stereocenters. The Morgan fingerprint density at radius 1 is 1.03 bits per heavy atom. The molecule has 1 aromatic carbocycles. The summed E-state index contributed by atoms with van der Waals surface area (Å²) in [5.41, 5.74) is 2.31. The topological polar surface area (TPSA) is 132 Å². The molecule has 0 radical (unpaired) electrons. The molecule has 0 aliphatic heterocycles. The van der Waals surface area contributed by atoms with Gasteiger partial charge >= 0.3 is 57.4 Å². The third-order valence-electron chi connectivity index (χ3n) is 3.17. The molecule has 1 aromatic rings. The maximum absolute atomic E-state index is 10.2. The van der Waals surface area contributed by atoms with Crippen LogP contribution in [0.4, 0.5) is 0 Å². The molecule has 33 heavy (non-hydrogen) atoms. The van der Waals surface area contributed by atoms with E-state index in [4.69, 9.17) is 9.66 Å². The van der Waals surface area contributed by atoms with Gasteiger partial charge in [0.2, 0.25) is 0 Å². The zero-order chi connectivity index (χ0) is 25.7. The van der Waals surface area contributed by atoms with Gasteiger partial charge in [0.25, 0.3) is 10.1 Å². The number of aliphatic carboxylic acids is 2. The molecule has 0 bridgehead atoms. The van der Waals surface area contributed by atoms with Crippen molar-refractivity contribution in [1.82, 2.24) is 0 Å². The summed E-state index contributed by atoms with van der Waals surface area (Å²) in [5.74, 6) is -2.62. The number of carbonyl (C=O) groups is 2. The van der Waals surface area contributed by atoms with Gasteiger partial charge in [0.1, 0.15) is 0 Å². The summed E-state index contributed by atoms with van der Waals surface area (Å²) in [6.45, 7) is 20.4. The van der Waals surface area contributed by atoms with Crippen LogP contribution >= 0.6 is 0 Å². The van der Waals surface area contributed by atoms with Crippen molar-refractivity contribution < 1.29 is 84.2 Å². The Labute approximate surface area is 240 Å². The third kappa shape index (κ3) is 35.2. The second-order valence-electron chi connectivity index (χ2n) is 6.38. The van der Waals surface area contributed by atoms with Crippen molar-refractivity contribution in [2.24, 2.45) is 0 Å². The summed E-state index contributed by atoms with van der Waals surface area (Å²) < 4.78 is 28.7. The second kappa shape index (κ2) is 23.6. The first-order chi connectivity index (χ1) is 14.7.